The number of carboxylic acid groups (broad SMARTS) is 1. The summed E-state index contributed by atoms with van der Waals surface area (Å²) < 4.78 is 0. The Morgan fingerprint density at radius 3 is 2.48 bits per heavy atom. The second kappa shape index (κ2) is 7.62. The van der Waals surface area contributed by atoms with Gasteiger partial charge in [-0.25, -0.2) is 4.79 Å². The van der Waals surface area contributed by atoms with E-state index in [0.29, 0.717) is 18.0 Å². The van der Waals surface area contributed by atoms with Gasteiger partial charge in [0.15, 0.2) is 0 Å². The predicted molar refractivity (Wildman–Crippen MR) is 84.3 cm³/mol. The molecule has 0 spiro atoms. The minimum absolute atomic E-state index is 0.0167. The molecule has 0 aliphatic rings. The van der Waals surface area contributed by atoms with Crippen LogP contribution in [0.4, 0.5) is 0 Å². The van der Waals surface area contributed by atoms with E-state index in [1.807, 2.05) is 24.8 Å². The average Bonchev–Trinajstić information content (AvgIpc) is 2.42. The third kappa shape index (κ3) is 5.06. The number of rotatable bonds is 6. The van der Waals surface area contributed by atoms with Gasteiger partial charge >= 0.3 is 5.97 Å². The molecule has 1 aromatic carbocycles. The summed E-state index contributed by atoms with van der Waals surface area (Å²) >= 11 is 0. The van der Waals surface area contributed by atoms with E-state index >= 15 is 0 Å². The number of carbonyl (C=O) groups is 2. The monoisotopic (exact) mass is 289 g/mol. The maximum atomic E-state index is 12.5. The molecule has 1 amide bonds. The largest absolute Gasteiger partial charge is 0.478 e. The molecule has 1 N–H and O–H groups in total. The van der Waals surface area contributed by atoms with Crippen molar-refractivity contribution in [2.75, 3.05) is 13.1 Å². The number of carbonyl (C=O) groups excluding carboxylic acids is 1. The maximum absolute atomic E-state index is 12.5. The van der Waals surface area contributed by atoms with Crippen LogP contribution in [-0.4, -0.2) is 35.0 Å². The third-order valence-electron chi connectivity index (χ3n) is 3.18. The molecule has 0 aliphatic heterocycles. The molecule has 0 heterocycles. The van der Waals surface area contributed by atoms with E-state index in [4.69, 9.17) is 5.11 Å². The normalized spacial score (nSPS) is 11.1. The number of aryl methyl sites for hydroxylation is 1. The molecule has 1 aromatic rings. The first kappa shape index (κ1) is 17.0. The smallest absolute Gasteiger partial charge is 0.328 e. The summed E-state index contributed by atoms with van der Waals surface area (Å²) in [7, 11) is 0. The fourth-order valence-corrected chi connectivity index (χ4v) is 2.14. The molecule has 0 bridgehead atoms. The Hall–Kier alpha value is -2.10. The number of nitrogens with zero attached hydrogens (tertiary/aromatic N) is 1. The highest BCUT2D eigenvalue weighted by molar-refractivity contribution is 5.95. The molecule has 0 fully saturated rings. The number of hydrogen-bond acceptors (Lipinski definition) is 2. The molecule has 0 saturated carbocycles. The van der Waals surface area contributed by atoms with Crippen LogP contribution in [0.1, 0.15) is 42.3 Å². The van der Waals surface area contributed by atoms with Crippen molar-refractivity contribution in [3.63, 3.8) is 0 Å². The summed E-state index contributed by atoms with van der Waals surface area (Å²) in [5.41, 5.74) is 2.34. The summed E-state index contributed by atoms with van der Waals surface area (Å²) in [5.74, 6) is -0.542. The first-order valence-corrected chi connectivity index (χ1v) is 7.16. The van der Waals surface area contributed by atoms with Crippen molar-refractivity contribution in [2.24, 2.45) is 5.92 Å². The van der Waals surface area contributed by atoms with Crippen molar-refractivity contribution >= 4 is 18.0 Å². The minimum Gasteiger partial charge on any atom is -0.478 e. The van der Waals surface area contributed by atoms with Crippen molar-refractivity contribution < 1.29 is 14.7 Å². The Bertz CT molecular complexity index is 547. The van der Waals surface area contributed by atoms with Gasteiger partial charge in [0, 0.05) is 24.7 Å². The van der Waals surface area contributed by atoms with Crippen molar-refractivity contribution in [3.05, 3.63) is 41.0 Å². The zero-order valence-corrected chi connectivity index (χ0v) is 13.1. The van der Waals surface area contributed by atoms with Gasteiger partial charge in [0.2, 0.25) is 0 Å². The number of hydrogen-bond donors (Lipinski definition) is 1. The fraction of sp³-hybridized carbons (Fsp3) is 0.412. The number of carboxylic acids is 1. The summed E-state index contributed by atoms with van der Waals surface area (Å²) in [6.45, 7) is 9.42. The first-order valence-electron chi connectivity index (χ1n) is 7.16. The maximum Gasteiger partial charge on any atom is 0.328 e. The fourth-order valence-electron chi connectivity index (χ4n) is 2.14. The molecule has 4 heteroatoms. The van der Waals surface area contributed by atoms with Crippen LogP contribution >= 0.6 is 0 Å². The predicted octanol–water partition coefficient (Wildman–Crippen LogP) is 3.21. The third-order valence-corrected chi connectivity index (χ3v) is 3.18. The Balaban J connectivity index is 2.97. The molecule has 0 unspecified atom stereocenters. The van der Waals surface area contributed by atoms with E-state index in [1.165, 1.54) is 6.08 Å². The average molecular weight is 289 g/mol. The number of benzene rings is 1. The Labute approximate surface area is 126 Å². The zero-order valence-electron chi connectivity index (χ0n) is 13.1. The molecule has 0 saturated heterocycles. The van der Waals surface area contributed by atoms with Crippen LogP contribution < -0.4 is 0 Å². The molecule has 114 valence electrons. The van der Waals surface area contributed by atoms with Crippen LogP contribution in [-0.2, 0) is 4.79 Å². The Morgan fingerprint density at radius 1 is 1.33 bits per heavy atom. The molecular formula is C17H23NO3. The van der Waals surface area contributed by atoms with Crippen LogP contribution in [0.3, 0.4) is 0 Å². The lowest BCUT2D eigenvalue weighted by Gasteiger charge is -2.23. The SMILES string of the molecule is CCN(CC(C)C)C(=O)c1ccc(/C=C/C(=O)O)c(C)c1. The molecule has 0 radical (unpaired) electrons. The van der Waals surface area contributed by atoms with E-state index in [0.717, 1.165) is 23.7 Å². The highest BCUT2D eigenvalue weighted by Crippen LogP contribution is 2.15. The molecule has 4 nitrogen and oxygen atoms in total. The van der Waals surface area contributed by atoms with E-state index in [-0.39, 0.29) is 5.91 Å². The van der Waals surface area contributed by atoms with Crippen LogP contribution in [0.25, 0.3) is 6.08 Å². The number of amides is 1. The molecule has 0 atom stereocenters. The Morgan fingerprint density at radius 2 is 2.00 bits per heavy atom. The van der Waals surface area contributed by atoms with Gasteiger partial charge < -0.3 is 10.0 Å². The van der Waals surface area contributed by atoms with Crippen LogP contribution in [0.5, 0.6) is 0 Å². The Kier molecular flexibility index (Phi) is 6.15. The highest BCUT2D eigenvalue weighted by atomic mass is 16.4. The van der Waals surface area contributed by atoms with Gasteiger partial charge in [0.25, 0.3) is 5.91 Å². The molecule has 21 heavy (non-hydrogen) atoms. The van der Waals surface area contributed by atoms with E-state index in [1.54, 1.807) is 12.1 Å². The second-order valence-electron chi connectivity index (χ2n) is 5.48. The van der Waals surface area contributed by atoms with Crippen molar-refractivity contribution in [1.29, 1.82) is 0 Å². The first-order chi connectivity index (χ1) is 9.85. The van der Waals surface area contributed by atoms with Gasteiger partial charge in [-0.3, -0.25) is 4.79 Å². The van der Waals surface area contributed by atoms with Crippen molar-refractivity contribution in [1.82, 2.24) is 4.90 Å². The highest BCUT2D eigenvalue weighted by Gasteiger charge is 2.15. The summed E-state index contributed by atoms with van der Waals surface area (Å²) in [6, 6.07) is 5.35. The minimum atomic E-state index is -0.983. The van der Waals surface area contributed by atoms with Gasteiger partial charge in [-0.05, 0) is 49.1 Å². The van der Waals surface area contributed by atoms with E-state index < -0.39 is 5.97 Å². The molecule has 0 aromatic heterocycles. The lowest BCUT2D eigenvalue weighted by Crippen LogP contribution is -2.34. The van der Waals surface area contributed by atoms with Crippen molar-refractivity contribution in [3.8, 4) is 0 Å². The summed E-state index contributed by atoms with van der Waals surface area (Å²) in [6.07, 6.45) is 2.64. The lowest BCUT2D eigenvalue weighted by atomic mass is 10.0. The van der Waals surface area contributed by atoms with E-state index in [9.17, 15) is 9.59 Å². The molecular weight excluding hydrogens is 266 g/mol. The van der Waals surface area contributed by atoms with Gasteiger partial charge in [-0.15, -0.1) is 0 Å². The van der Waals surface area contributed by atoms with Gasteiger partial charge in [-0.1, -0.05) is 19.9 Å². The summed E-state index contributed by atoms with van der Waals surface area (Å²) in [4.78, 5) is 24.8. The number of aliphatic carboxylic acids is 1. The van der Waals surface area contributed by atoms with Crippen molar-refractivity contribution in [2.45, 2.75) is 27.7 Å². The van der Waals surface area contributed by atoms with Gasteiger partial charge in [-0.2, -0.15) is 0 Å². The van der Waals surface area contributed by atoms with Crippen LogP contribution in [0, 0.1) is 12.8 Å². The summed E-state index contributed by atoms with van der Waals surface area (Å²) in [5, 5.41) is 8.65. The second-order valence-corrected chi connectivity index (χ2v) is 5.48. The quantitative estimate of drug-likeness (QED) is 0.818. The zero-order chi connectivity index (χ0) is 16.0. The topological polar surface area (TPSA) is 57.6 Å². The standard InChI is InChI=1S/C17H23NO3/c1-5-18(11-12(2)3)17(21)15-7-6-14(13(4)10-15)8-9-16(19)20/h6-10,12H,5,11H2,1-4H3,(H,19,20)/b9-8+. The molecule has 1 rings (SSSR count). The van der Waals surface area contributed by atoms with E-state index in [2.05, 4.69) is 13.8 Å². The van der Waals surface area contributed by atoms with Gasteiger partial charge in [0.05, 0.1) is 0 Å². The van der Waals surface area contributed by atoms with Crippen LogP contribution in [0.2, 0.25) is 0 Å². The van der Waals surface area contributed by atoms with Gasteiger partial charge in [0.1, 0.15) is 0 Å². The lowest BCUT2D eigenvalue weighted by molar-refractivity contribution is -0.131. The molecule has 0 aliphatic carbocycles. The van der Waals surface area contributed by atoms with Crippen LogP contribution in [0.15, 0.2) is 24.3 Å².